The molecule has 0 unspecified atom stereocenters. The number of phenols is 2. The van der Waals surface area contributed by atoms with Crippen LogP contribution in [0.5, 0.6) is 11.5 Å². The highest BCUT2D eigenvalue weighted by atomic mass is 32.2. The van der Waals surface area contributed by atoms with Crippen LogP contribution in [-0.4, -0.2) is 62.1 Å². The van der Waals surface area contributed by atoms with Gasteiger partial charge in [-0.1, -0.05) is 60.7 Å². The minimum atomic E-state index is -5.08. The fourth-order valence-electron chi connectivity index (χ4n) is 6.45. The molecule has 0 amide bonds. The van der Waals surface area contributed by atoms with Crippen molar-refractivity contribution in [2.24, 2.45) is 20.5 Å². The van der Waals surface area contributed by atoms with Gasteiger partial charge in [0.2, 0.25) is 0 Å². The molecule has 10 N–H and O–H groups in total. The number of nitrogens with zero attached hydrogens (tertiary/aromatic N) is 4. The number of hydrogen-bond donors (Lipinski definition) is 8. The van der Waals surface area contributed by atoms with Gasteiger partial charge in [-0.15, -0.1) is 10.2 Å². The standard InChI is InChI=1S/C38H28N6O14S4/c39-35-31(61(53,54)55)17-29(59(47,48)49)25-13-15-27(37(45)33(25)35)43-41-23-9-5-21(6-10-23)19-1-2-20(4-3-19)22-7-11-24(12-8-22)42-44-28-16-14-26-30(60(50,51)52)18-32(62(56,57)58)36(40)34(26)38(28)46/h1-18,45-46H,39-40H2,(H,47,48,49)(H,50,51,52)(H,53,54,55)(H,56,57,58). The lowest BCUT2D eigenvalue weighted by Crippen LogP contribution is -2.08. The molecule has 0 saturated heterocycles. The van der Waals surface area contributed by atoms with Crippen molar-refractivity contribution in [3.63, 3.8) is 0 Å². The van der Waals surface area contributed by atoms with Crippen LogP contribution in [0.4, 0.5) is 34.1 Å². The Hall–Kier alpha value is -6.90. The Morgan fingerprint density at radius 3 is 0.919 bits per heavy atom. The van der Waals surface area contributed by atoms with Crippen molar-refractivity contribution in [1.29, 1.82) is 0 Å². The Labute approximate surface area is 351 Å². The molecule has 20 nitrogen and oxygen atoms in total. The molecule has 0 aliphatic rings. The number of nitrogens with two attached hydrogens (primary N) is 2. The molecule has 0 aliphatic heterocycles. The fourth-order valence-corrected chi connectivity index (χ4v) is 9.32. The molecule has 0 heterocycles. The first-order valence-corrected chi connectivity index (χ1v) is 22.9. The summed E-state index contributed by atoms with van der Waals surface area (Å²) < 4.78 is 134. The van der Waals surface area contributed by atoms with Crippen molar-refractivity contribution >= 4 is 96.1 Å². The van der Waals surface area contributed by atoms with Crippen LogP contribution in [-0.2, 0) is 40.5 Å². The van der Waals surface area contributed by atoms with Crippen molar-refractivity contribution in [2.45, 2.75) is 19.6 Å². The van der Waals surface area contributed by atoms with Crippen molar-refractivity contribution in [3.8, 4) is 33.8 Å². The Balaban J connectivity index is 1.08. The number of aromatic hydroxyl groups is 2. The van der Waals surface area contributed by atoms with Gasteiger partial charge in [0.1, 0.15) is 31.0 Å². The van der Waals surface area contributed by atoms with E-state index < -0.39 is 93.7 Å². The zero-order valence-electron chi connectivity index (χ0n) is 30.9. The minimum absolute atomic E-state index is 0.234. The summed E-state index contributed by atoms with van der Waals surface area (Å²) in [7, 11) is -20.2. The highest BCUT2D eigenvalue weighted by Crippen LogP contribution is 2.45. The van der Waals surface area contributed by atoms with E-state index in [-0.39, 0.29) is 22.1 Å². The van der Waals surface area contributed by atoms with Crippen LogP contribution >= 0.6 is 0 Å². The summed E-state index contributed by atoms with van der Waals surface area (Å²) in [6.45, 7) is 0. The molecule has 0 bridgehead atoms. The highest BCUT2D eigenvalue weighted by Gasteiger charge is 2.28. The molecule has 7 aromatic carbocycles. The second kappa shape index (κ2) is 15.5. The van der Waals surface area contributed by atoms with Crippen LogP contribution in [0.15, 0.2) is 149 Å². The van der Waals surface area contributed by atoms with Gasteiger partial charge in [0.15, 0.2) is 11.5 Å². The summed E-state index contributed by atoms with van der Waals surface area (Å²) in [6.07, 6.45) is 0. The Morgan fingerprint density at radius 2 is 0.645 bits per heavy atom. The Kier molecular flexibility index (Phi) is 10.8. The van der Waals surface area contributed by atoms with Crippen molar-refractivity contribution in [1.82, 2.24) is 0 Å². The van der Waals surface area contributed by atoms with Crippen molar-refractivity contribution in [2.75, 3.05) is 11.5 Å². The SMILES string of the molecule is Nc1c(S(=O)(=O)O)cc(S(=O)(=O)O)c2ccc(N=Nc3ccc(-c4ccc(-c5ccc(N=Nc6ccc7c(S(=O)(=O)O)cc(S(=O)(=O)O)c(N)c7c6O)cc5)cc4)cc3)c(O)c12. The lowest BCUT2D eigenvalue weighted by atomic mass is 10.00. The van der Waals surface area contributed by atoms with E-state index in [1.165, 1.54) is 12.1 Å². The zero-order valence-corrected chi connectivity index (χ0v) is 34.2. The number of benzene rings is 7. The number of fused-ring (bicyclic) bond motifs is 2. The third-order valence-electron chi connectivity index (χ3n) is 9.38. The maximum Gasteiger partial charge on any atom is 0.296 e. The van der Waals surface area contributed by atoms with E-state index in [1.807, 2.05) is 24.3 Å². The van der Waals surface area contributed by atoms with Crippen LogP contribution in [0.3, 0.4) is 0 Å². The summed E-state index contributed by atoms with van der Waals surface area (Å²) in [5.74, 6) is -1.52. The van der Waals surface area contributed by atoms with Crippen LogP contribution in [0, 0.1) is 0 Å². The molecule has 62 heavy (non-hydrogen) atoms. The maximum atomic E-state index is 12.0. The van der Waals surface area contributed by atoms with Gasteiger partial charge in [-0.25, -0.2) is 0 Å². The van der Waals surface area contributed by atoms with Crippen molar-refractivity contribution < 1.29 is 62.1 Å². The lowest BCUT2D eigenvalue weighted by molar-refractivity contribution is 0.476. The topological polar surface area (TPSA) is 359 Å². The van der Waals surface area contributed by atoms with Gasteiger partial charge in [-0.3, -0.25) is 18.2 Å². The summed E-state index contributed by atoms with van der Waals surface area (Å²) in [4.78, 5) is -3.94. The normalized spacial score (nSPS) is 12.8. The smallest absolute Gasteiger partial charge is 0.296 e. The van der Waals surface area contributed by atoms with E-state index in [4.69, 9.17) is 11.5 Å². The number of rotatable bonds is 10. The molecule has 0 atom stereocenters. The molecule has 0 spiro atoms. The van der Waals surface area contributed by atoms with Gasteiger partial charge >= 0.3 is 0 Å². The van der Waals surface area contributed by atoms with Gasteiger partial charge in [0.05, 0.1) is 33.5 Å². The minimum Gasteiger partial charge on any atom is -0.505 e. The van der Waals surface area contributed by atoms with E-state index >= 15 is 0 Å². The average molecular weight is 921 g/mol. The quantitative estimate of drug-likeness (QED) is 0.0369. The van der Waals surface area contributed by atoms with Crippen LogP contribution in [0.1, 0.15) is 0 Å². The van der Waals surface area contributed by atoms with Gasteiger partial charge < -0.3 is 21.7 Å². The van der Waals surface area contributed by atoms with Crippen molar-refractivity contribution in [3.05, 3.63) is 109 Å². The zero-order chi connectivity index (χ0) is 45.1. The number of nitrogen functional groups attached to an aromatic ring is 2. The average Bonchev–Trinajstić information content (AvgIpc) is 3.19. The first-order valence-electron chi connectivity index (χ1n) is 17.1. The predicted molar refractivity (Wildman–Crippen MR) is 225 cm³/mol. The van der Waals surface area contributed by atoms with Gasteiger partial charge in [-0.2, -0.15) is 43.9 Å². The summed E-state index contributed by atoms with van der Waals surface area (Å²) >= 11 is 0. The second-order valence-electron chi connectivity index (χ2n) is 13.3. The van der Waals surface area contributed by atoms with E-state index in [0.29, 0.717) is 23.5 Å². The molecule has 0 fully saturated rings. The van der Waals surface area contributed by atoms with E-state index in [1.54, 1.807) is 48.5 Å². The van der Waals surface area contributed by atoms with Crippen LogP contribution in [0.25, 0.3) is 43.8 Å². The Bertz CT molecular complexity index is 3300. The first kappa shape index (κ1) is 43.2. The predicted octanol–water partition coefficient (Wildman–Crippen LogP) is 7.72. The lowest BCUT2D eigenvalue weighted by Gasteiger charge is -2.13. The second-order valence-corrected chi connectivity index (χ2v) is 18.8. The third-order valence-corrected chi connectivity index (χ3v) is 13.0. The number of azo groups is 2. The number of phenolic OH excluding ortho intramolecular Hbond substituents is 2. The van der Waals surface area contributed by atoms with Gasteiger partial charge in [0.25, 0.3) is 40.5 Å². The molecule has 7 aromatic rings. The Morgan fingerprint density at radius 1 is 0.371 bits per heavy atom. The molecular weight excluding hydrogens is 893 g/mol. The molecule has 24 heteroatoms. The number of anilines is 2. The largest absolute Gasteiger partial charge is 0.505 e. The molecule has 0 aromatic heterocycles. The number of hydrogen-bond acceptors (Lipinski definition) is 16. The highest BCUT2D eigenvalue weighted by molar-refractivity contribution is 7.87. The monoisotopic (exact) mass is 920 g/mol. The molecule has 7 rings (SSSR count). The summed E-state index contributed by atoms with van der Waals surface area (Å²) in [6, 6.07) is 26.5. The summed E-state index contributed by atoms with van der Waals surface area (Å²) in [5, 5.41) is 36.3. The van der Waals surface area contributed by atoms with E-state index in [0.717, 1.165) is 34.4 Å². The van der Waals surface area contributed by atoms with Gasteiger partial charge in [-0.05, 0) is 70.8 Å². The molecular formula is C38H28N6O14S4. The third kappa shape index (κ3) is 8.39. The first-order chi connectivity index (χ1) is 28.9. The van der Waals surface area contributed by atoms with Gasteiger partial charge in [0, 0.05) is 10.8 Å². The molecule has 0 aliphatic carbocycles. The summed E-state index contributed by atoms with van der Waals surface area (Å²) in [5.41, 5.74) is 13.9. The molecule has 318 valence electrons. The van der Waals surface area contributed by atoms with E-state index in [9.17, 15) is 62.1 Å². The molecule has 0 saturated carbocycles. The fraction of sp³-hybridized carbons (Fsp3) is 0. The maximum absolute atomic E-state index is 12.0. The van der Waals surface area contributed by atoms with Crippen LogP contribution < -0.4 is 11.5 Å². The van der Waals surface area contributed by atoms with Crippen LogP contribution in [0.2, 0.25) is 0 Å². The van der Waals surface area contributed by atoms with E-state index in [2.05, 4.69) is 20.5 Å². The molecule has 0 radical (unpaired) electrons.